The van der Waals surface area contributed by atoms with Crippen molar-refractivity contribution in [2.75, 3.05) is 5.73 Å². The molecule has 90 valence electrons. The highest BCUT2D eigenvalue weighted by atomic mass is 16.3. The number of rotatable bonds is 2. The number of aromatic amines is 1. The van der Waals surface area contributed by atoms with E-state index >= 15 is 0 Å². The fourth-order valence-corrected chi connectivity index (χ4v) is 1.97. The van der Waals surface area contributed by atoms with Gasteiger partial charge in [-0.2, -0.15) is 5.10 Å². The molecule has 1 aromatic carbocycles. The van der Waals surface area contributed by atoms with Gasteiger partial charge in [-0.05, 0) is 5.56 Å². The van der Waals surface area contributed by atoms with Crippen LogP contribution in [-0.4, -0.2) is 25.3 Å². The number of nitrogens with zero attached hydrogens (tertiary/aromatic N) is 3. The van der Waals surface area contributed by atoms with E-state index in [1.54, 1.807) is 0 Å². The lowest BCUT2D eigenvalue weighted by Crippen LogP contribution is -1.94. The van der Waals surface area contributed by atoms with E-state index in [4.69, 9.17) is 5.73 Å². The minimum atomic E-state index is -0.0574. The Balaban J connectivity index is 2.32. The first-order valence-electron chi connectivity index (χ1n) is 5.45. The molecule has 2 heterocycles. The summed E-state index contributed by atoms with van der Waals surface area (Å²) >= 11 is 0. The number of benzene rings is 1. The number of hydrogen-bond acceptors (Lipinski definition) is 5. The second kappa shape index (κ2) is 4.08. The van der Waals surface area contributed by atoms with Gasteiger partial charge < -0.3 is 10.8 Å². The summed E-state index contributed by atoms with van der Waals surface area (Å²) in [7, 11) is 0. The molecule has 3 aromatic rings. The van der Waals surface area contributed by atoms with Gasteiger partial charge in [0.2, 0.25) is 0 Å². The molecule has 0 aliphatic carbocycles. The molecule has 6 nitrogen and oxygen atoms in total. The van der Waals surface area contributed by atoms with Gasteiger partial charge >= 0.3 is 0 Å². The molecule has 18 heavy (non-hydrogen) atoms. The zero-order valence-corrected chi connectivity index (χ0v) is 9.46. The maximum Gasteiger partial charge on any atom is 0.161 e. The largest absolute Gasteiger partial charge is 0.392 e. The molecular weight excluding hydrogens is 230 g/mol. The van der Waals surface area contributed by atoms with Gasteiger partial charge in [0, 0.05) is 5.56 Å². The number of anilines is 1. The third-order valence-corrected chi connectivity index (χ3v) is 2.83. The SMILES string of the molecule is Nc1ncnc2[nH]nc(-c3ccccc3CO)c12. The molecule has 0 aliphatic heterocycles. The lowest BCUT2D eigenvalue weighted by Gasteiger charge is -2.04. The first kappa shape index (κ1) is 10.7. The minimum Gasteiger partial charge on any atom is -0.392 e. The van der Waals surface area contributed by atoms with Crippen molar-refractivity contribution in [3.8, 4) is 11.3 Å². The molecule has 0 aliphatic rings. The van der Waals surface area contributed by atoms with E-state index in [0.717, 1.165) is 11.1 Å². The van der Waals surface area contributed by atoms with Crippen molar-refractivity contribution in [3.63, 3.8) is 0 Å². The number of aliphatic hydroxyl groups is 1. The lowest BCUT2D eigenvalue weighted by molar-refractivity contribution is 0.282. The normalized spacial score (nSPS) is 10.9. The Hall–Kier alpha value is -2.47. The lowest BCUT2D eigenvalue weighted by atomic mass is 10.0. The summed E-state index contributed by atoms with van der Waals surface area (Å²) in [5.74, 6) is 0.372. The number of fused-ring (bicyclic) bond motifs is 1. The van der Waals surface area contributed by atoms with Crippen LogP contribution in [0.5, 0.6) is 0 Å². The van der Waals surface area contributed by atoms with Crippen LogP contribution >= 0.6 is 0 Å². The molecule has 2 aromatic heterocycles. The van der Waals surface area contributed by atoms with Crippen molar-refractivity contribution in [2.45, 2.75) is 6.61 Å². The van der Waals surface area contributed by atoms with Crippen molar-refractivity contribution in [1.29, 1.82) is 0 Å². The van der Waals surface area contributed by atoms with E-state index in [1.165, 1.54) is 6.33 Å². The van der Waals surface area contributed by atoms with Gasteiger partial charge in [0.25, 0.3) is 0 Å². The Kier molecular flexibility index (Phi) is 2.42. The second-order valence-corrected chi connectivity index (χ2v) is 3.87. The summed E-state index contributed by atoms with van der Waals surface area (Å²) in [6, 6.07) is 7.47. The number of nitrogens with one attached hydrogen (secondary N) is 1. The molecule has 4 N–H and O–H groups in total. The molecule has 6 heteroatoms. The molecular formula is C12H11N5O. The van der Waals surface area contributed by atoms with Crippen molar-refractivity contribution >= 4 is 16.9 Å². The minimum absolute atomic E-state index is 0.0574. The first-order chi connectivity index (χ1) is 8.81. The van der Waals surface area contributed by atoms with Gasteiger partial charge in [-0.25, -0.2) is 9.97 Å². The number of nitrogens with two attached hydrogens (primary N) is 1. The van der Waals surface area contributed by atoms with Crippen LogP contribution in [-0.2, 0) is 6.61 Å². The maximum absolute atomic E-state index is 9.36. The molecule has 0 fully saturated rings. The average molecular weight is 241 g/mol. The number of nitrogen functional groups attached to an aromatic ring is 1. The molecule has 3 rings (SSSR count). The Morgan fingerprint density at radius 1 is 1.22 bits per heavy atom. The van der Waals surface area contributed by atoms with Crippen LogP contribution in [0.15, 0.2) is 30.6 Å². The zero-order chi connectivity index (χ0) is 12.5. The van der Waals surface area contributed by atoms with E-state index in [9.17, 15) is 5.11 Å². The molecule has 0 unspecified atom stereocenters. The Bertz CT molecular complexity index is 707. The number of aliphatic hydroxyl groups excluding tert-OH is 1. The number of hydrogen-bond donors (Lipinski definition) is 3. The van der Waals surface area contributed by atoms with E-state index in [2.05, 4.69) is 20.2 Å². The predicted molar refractivity (Wildman–Crippen MR) is 67.5 cm³/mol. The van der Waals surface area contributed by atoms with Crippen molar-refractivity contribution in [2.24, 2.45) is 0 Å². The van der Waals surface area contributed by atoms with E-state index in [1.807, 2.05) is 24.3 Å². The van der Waals surface area contributed by atoms with Crippen LogP contribution in [0.4, 0.5) is 5.82 Å². The summed E-state index contributed by atoms with van der Waals surface area (Å²) < 4.78 is 0. The van der Waals surface area contributed by atoms with E-state index < -0.39 is 0 Å². The third-order valence-electron chi connectivity index (χ3n) is 2.83. The van der Waals surface area contributed by atoms with Crippen LogP contribution in [0.3, 0.4) is 0 Å². The summed E-state index contributed by atoms with van der Waals surface area (Å²) in [5, 5.41) is 17.1. The summed E-state index contributed by atoms with van der Waals surface area (Å²) in [4.78, 5) is 8.04. The molecule has 0 amide bonds. The van der Waals surface area contributed by atoms with Crippen LogP contribution in [0.1, 0.15) is 5.56 Å². The second-order valence-electron chi connectivity index (χ2n) is 3.87. The molecule has 0 saturated carbocycles. The van der Waals surface area contributed by atoms with Gasteiger partial charge in [0.15, 0.2) is 5.65 Å². The molecule has 0 bridgehead atoms. The van der Waals surface area contributed by atoms with Crippen LogP contribution in [0, 0.1) is 0 Å². The van der Waals surface area contributed by atoms with Crippen LogP contribution < -0.4 is 5.73 Å². The predicted octanol–water partition coefficient (Wildman–Crippen LogP) is 1.09. The monoisotopic (exact) mass is 241 g/mol. The zero-order valence-electron chi connectivity index (χ0n) is 9.46. The van der Waals surface area contributed by atoms with Crippen molar-refractivity contribution in [1.82, 2.24) is 20.2 Å². The van der Waals surface area contributed by atoms with Crippen LogP contribution in [0.2, 0.25) is 0 Å². The fraction of sp³-hybridized carbons (Fsp3) is 0.0833. The van der Waals surface area contributed by atoms with E-state index in [0.29, 0.717) is 22.5 Å². The molecule has 0 radical (unpaired) electrons. The highest BCUT2D eigenvalue weighted by Crippen LogP contribution is 2.30. The maximum atomic E-state index is 9.36. The highest BCUT2D eigenvalue weighted by Gasteiger charge is 2.14. The summed E-state index contributed by atoms with van der Waals surface area (Å²) in [5.41, 5.74) is 8.72. The van der Waals surface area contributed by atoms with Gasteiger partial charge in [0.05, 0.1) is 12.0 Å². The third kappa shape index (κ3) is 1.51. The van der Waals surface area contributed by atoms with E-state index in [-0.39, 0.29) is 6.61 Å². The molecule has 0 saturated heterocycles. The van der Waals surface area contributed by atoms with Crippen LogP contribution in [0.25, 0.3) is 22.3 Å². The van der Waals surface area contributed by atoms with Crippen molar-refractivity contribution < 1.29 is 5.11 Å². The smallest absolute Gasteiger partial charge is 0.161 e. The number of aromatic nitrogens is 4. The van der Waals surface area contributed by atoms with Gasteiger partial charge in [-0.1, -0.05) is 24.3 Å². The average Bonchev–Trinajstić information content (AvgIpc) is 2.84. The summed E-state index contributed by atoms with van der Waals surface area (Å²) in [6.45, 7) is -0.0574. The quantitative estimate of drug-likeness (QED) is 0.623. The first-order valence-corrected chi connectivity index (χ1v) is 5.45. The highest BCUT2D eigenvalue weighted by molar-refractivity contribution is 5.98. The number of H-pyrrole nitrogens is 1. The van der Waals surface area contributed by atoms with Crippen molar-refractivity contribution in [3.05, 3.63) is 36.2 Å². The van der Waals surface area contributed by atoms with Gasteiger partial charge in [-0.3, -0.25) is 5.10 Å². The van der Waals surface area contributed by atoms with Gasteiger partial charge in [-0.15, -0.1) is 0 Å². The Morgan fingerprint density at radius 3 is 2.89 bits per heavy atom. The molecule has 0 spiro atoms. The Labute approximate surface area is 103 Å². The fourth-order valence-electron chi connectivity index (χ4n) is 1.97. The standard InChI is InChI=1S/C12H11N5O/c13-11-9-10(16-17-12(9)15-6-14-11)8-4-2-1-3-7(8)5-18/h1-4,6,18H,5H2,(H3,13,14,15,16,17). The topological polar surface area (TPSA) is 101 Å². The van der Waals surface area contributed by atoms with Gasteiger partial charge in [0.1, 0.15) is 17.8 Å². The Morgan fingerprint density at radius 2 is 2.06 bits per heavy atom. The molecule has 0 atom stereocenters. The summed E-state index contributed by atoms with van der Waals surface area (Å²) in [6.07, 6.45) is 1.39.